The van der Waals surface area contributed by atoms with E-state index in [0.29, 0.717) is 48.3 Å². The van der Waals surface area contributed by atoms with Crippen LogP contribution in [0.5, 0.6) is 0 Å². The molecule has 0 radical (unpaired) electrons. The Morgan fingerprint density at radius 2 is 1.76 bits per heavy atom. The van der Waals surface area contributed by atoms with Gasteiger partial charge in [-0.25, -0.2) is 14.8 Å². The van der Waals surface area contributed by atoms with Gasteiger partial charge in [-0.2, -0.15) is 0 Å². The van der Waals surface area contributed by atoms with Crippen LogP contribution in [0.3, 0.4) is 0 Å². The molecule has 9 heteroatoms. The zero-order valence-electron chi connectivity index (χ0n) is 20.3. The number of rotatable bonds is 4. The fourth-order valence-electron chi connectivity index (χ4n) is 5.17. The number of thiophene rings is 1. The van der Waals surface area contributed by atoms with Gasteiger partial charge < -0.3 is 15.1 Å². The number of benzene rings is 2. The third-order valence-corrected chi connectivity index (χ3v) is 8.82. The summed E-state index contributed by atoms with van der Waals surface area (Å²) in [6.07, 6.45) is 5.38. The zero-order valence-corrected chi connectivity index (χ0v) is 22.7. The zero-order chi connectivity index (χ0) is 25.4. The number of piperazine rings is 1. The molecule has 0 atom stereocenters. The number of aromatic nitrogens is 2. The number of fused-ring (bicyclic) bond motifs is 3. The molecule has 190 valence electrons. The number of hydrogen-bond donors (Lipinski definition) is 1. The molecule has 3 heterocycles. The molecule has 0 unspecified atom stereocenters. The lowest BCUT2D eigenvalue weighted by Gasteiger charge is -2.36. The topological polar surface area (TPSA) is 61.4 Å². The lowest BCUT2D eigenvalue weighted by atomic mass is 9.96. The molecule has 37 heavy (non-hydrogen) atoms. The predicted molar refractivity (Wildman–Crippen MR) is 153 cm³/mol. The number of aryl methyl sites for hydroxylation is 2. The van der Waals surface area contributed by atoms with E-state index in [2.05, 4.69) is 34.5 Å². The number of carbonyl (C=O) groups excluding carboxylic acids is 1. The highest BCUT2D eigenvalue weighted by Gasteiger charge is 2.27. The second-order valence-electron chi connectivity index (χ2n) is 9.55. The van der Waals surface area contributed by atoms with Crippen molar-refractivity contribution in [2.24, 2.45) is 0 Å². The van der Waals surface area contributed by atoms with E-state index < -0.39 is 0 Å². The van der Waals surface area contributed by atoms with Crippen molar-refractivity contribution in [3.8, 4) is 0 Å². The molecular weight excluding hydrogens is 525 g/mol. The number of amides is 2. The Labute approximate surface area is 230 Å². The molecule has 2 aromatic heterocycles. The first-order valence-corrected chi connectivity index (χ1v) is 14.2. The summed E-state index contributed by atoms with van der Waals surface area (Å²) in [5.41, 5.74) is 3.20. The number of anilines is 2. The van der Waals surface area contributed by atoms with Gasteiger partial charge in [-0.05, 0) is 55.0 Å². The van der Waals surface area contributed by atoms with E-state index in [1.165, 1.54) is 34.2 Å². The van der Waals surface area contributed by atoms with Crippen LogP contribution in [-0.2, 0) is 19.3 Å². The number of carbonyl (C=O) groups is 1. The summed E-state index contributed by atoms with van der Waals surface area (Å²) in [5.74, 6) is 1.88. The monoisotopic (exact) mass is 551 g/mol. The van der Waals surface area contributed by atoms with Crippen LogP contribution in [0.1, 0.15) is 34.7 Å². The summed E-state index contributed by atoms with van der Waals surface area (Å²) in [5, 5.41) is 5.11. The quantitative estimate of drug-likeness (QED) is 0.302. The van der Waals surface area contributed by atoms with Crippen molar-refractivity contribution in [3.63, 3.8) is 0 Å². The Morgan fingerprint density at radius 3 is 2.54 bits per heavy atom. The highest BCUT2D eigenvalue weighted by molar-refractivity contribution is 7.19. The lowest BCUT2D eigenvalue weighted by Crippen LogP contribution is -2.50. The van der Waals surface area contributed by atoms with E-state index in [4.69, 9.17) is 33.2 Å². The Bertz CT molecular complexity index is 1450. The second kappa shape index (κ2) is 10.5. The molecule has 2 amide bonds. The second-order valence-corrected chi connectivity index (χ2v) is 11.5. The summed E-state index contributed by atoms with van der Waals surface area (Å²) in [6, 6.07) is 15.3. The smallest absolute Gasteiger partial charge is 0.322 e. The molecule has 0 saturated carbocycles. The molecule has 1 N–H and O–H groups in total. The minimum absolute atomic E-state index is 0.158. The van der Waals surface area contributed by atoms with E-state index in [-0.39, 0.29) is 6.03 Å². The Kier molecular flexibility index (Phi) is 6.93. The molecule has 2 aliphatic rings. The van der Waals surface area contributed by atoms with Gasteiger partial charge in [0.15, 0.2) is 0 Å². The minimum atomic E-state index is -0.158. The van der Waals surface area contributed by atoms with Crippen LogP contribution in [-0.4, -0.2) is 47.1 Å². The van der Waals surface area contributed by atoms with Crippen molar-refractivity contribution in [2.45, 2.75) is 32.1 Å². The van der Waals surface area contributed by atoms with Gasteiger partial charge in [-0.1, -0.05) is 53.5 Å². The van der Waals surface area contributed by atoms with Crippen molar-refractivity contribution in [1.82, 2.24) is 14.9 Å². The van der Waals surface area contributed by atoms with Crippen LogP contribution >= 0.6 is 34.5 Å². The normalized spacial score (nSPS) is 15.6. The van der Waals surface area contributed by atoms with Crippen molar-refractivity contribution in [2.75, 3.05) is 36.4 Å². The summed E-state index contributed by atoms with van der Waals surface area (Å²) < 4.78 is 0. The van der Waals surface area contributed by atoms with Crippen LogP contribution in [0.25, 0.3) is 10.2 Å². The van der Waals surface area contributed by atoms with Crippen LogP contribution in [0.15, 0.2) is 48.5 Å². The molecule has 2 aromatic carbocycles. The summed E-state index contributed by atoms with van der Waals surface area (Å²) >= 11 is 14.1. The van der Waals surface area contributed by atoms with Crippen LogP contribution in [0.2, 0.25) is 10.0 Å². The molecule has 1 saturated heterocycles. The molecule has 1 fully saturated rings. The van der Waals surface area contributed by atoms with Crippen molar-refractivity contribution in [1.29, 1.82) is 0 Å². The molecular formula is C28H27Cl2N5OS. The SMILES string of the molecule is O=C(Nc1ccc(Cl)cc1Cl)N1CCN(c2nc(Cc3ccccc3)nc3sc4c(c23)CCCC4)CC1. The molecule has 0 spiro atoms. The van der Waals surface area contributed by atoms with Gasteiger partial charge in [0, 0.05) is 42.5 Å². The van der Waals surface area contributed by atoms with Crippen LogP contribution in [0, 0.1) is 0 Å². The first-order chi connectivity index (χ1) is 18.0. The van der Waals surface area contributed by atoms with Crippen molar-refractivity contribution >= 4 is 62.3 Å². The number of nitrogens with one attached hydrogen (secondary N) is 1. The predicted octanol–water partition coefficient (Wildman–Crippen LogP) is 6.82. The standard InChI is InChI=1S/C28H27Cl2N5OS/c29-19-10-11-22(21(30)17-19)31-28(36)35-14-12-34(13-15-35)26-25-20-8-4-5-9-23(20)37-27(25)33-24(32-26)16-18-6-2-1-3-7-18/h1-3,6-7,10-11,17H,4-5,8-9,12-16H2,(H,31,36). The molecule has 1 aliphatic heterocycles. The summed E-state index contributed by atoms with van der Waals surface area (Å²) in [6.45, 7) is 2.62. The Morgan fingerprint density at radius 1 is 0.973 bits per heavy atom. The third kappa shape index (κ3) is 5.13. The minimum Gasteiger partial charge on any atom is -0.352 e. The molecule has 4 aromatic rings. The number of hydrogen-bond acceptors (Lipinski definition) is 5. The van der Waals surface area contributed by atoms with E-state index in [9.17, 15) is 4.79 Å². The van der Waals surface area contributed by atoms with Gasteiger partial charge in [-0.3, -0.25) is 0 Å². The lowest BCUT2D eigenvalue weighted by molar-refractivity contribution is 0.208. The first-order valence-electron chi connectivity index (χ1n) is 12.7. The van der Waals surface area contributed by atoms with Crippen molar-refractivity contribution < 1.29 is 4.79 Å². The number of nitrogens with zero attached hydrogens (tertiary/aromatic N) is 4. The maximum atomic E-state index is 12.9. The number of halogens is 2. The number of urea groups is 1. The summed E-state index contributed by atoms with van der Waals surface area (Å²) in [4.78, 5) is 29.8. The Hall–Kier alpha value is -2.87. The van der Waals surface area contributed by atoms with E-state index in [1.807, 2.05) is 22.3 Å². The largest absolute Gasteiger partial charge is 0.352 e. The third-order valence-electron chi connectivity index (χ3n) is 7.09. The Balaban J connectivity index is 1.25. The van der Waals surface area contributed by atoms with E-state index >= 15 is 0 Å². The molecule has 6 nitrogen and oxygen atoms in total. The highest BCUT2D eigenvalue weighted by atomic mass is 35.5. The molecule has 6 rings (SSSR count). The van der Waals surface area contributed by atoms with Gasteiger partial charge >= 0.3 is 6.03 Å². The van der Waals surface area contributed by atoms with Gasteiger partial charge in [0.25, 0.3) is 0 Å². The first kappa shape index (κ1) is 24.5. The van der Waals surface area contributed by atoms with Gasteiger partial charge in [0.1, 0.15) is 16.5 Å². The van der Waals surface area contributed by atoms with Gasteiger partial charge in [-0.15, -0.1) is 11.3 Å². The highest BCUT2D eigenvalue weighted by Crippen LogP contribution is 2.40. The van der Waals surface area contributed by atoms with Crippen molar-refractivity contribution in [3.05, 3.63) is 80.4 Å². The molecule has 1 aliphatic carbocycles. The fourth-order valence-corrected chi connectivity index (χ4v) is 6.90. The van der Waals surface area contributed by atoms with E-state index in [1.54, 1.807) is 18.2 Å². The maximum absolute atomic E-state index is 12.9. The molecule has 0 bridgehead atoms. The van der Waals surface area contributed by atoms with Gasteiger partial charge in [0.05, 0.1) is 16.1 Å². The fraction of sp³-hybridized carbons (Fsp3) is 0.321. The maximum Gasteiger partial charge on any atom is 0.322 e. The van der Waals surface area contributed by atoms with E-state index in [0.717, 1.165) is 29.3 Å². The average molecular weight is 553 g/mol. The van der Waals surface area contributed by atoms with Gasteiger partial charge in [0.2, 0.25) is 0 Å². The summed E-state index contributed by atoms with van der Waals surface area (Å²) in [7, 11) is 0. The van der Waals surface area contributed by atoms with Crippen LogP contribution < -0.4 is 10.2 Å². The van der Waals surface area contributed by atoms with Crippen LogP contribution in [0.4, 0.5) is 16.3 Å². The average Bonchev–Trinajstić information content (AvgIpc) is 3.29.